The number of nitrogens with two attached hydrogens (primary N) is 3. The van der Waals surface area contributed by atoms with Gasteiger partial charge in [0.25, 0.3) is 0 Å². The second kappa shape index (κ2) is 23.2. The fourth-order valence-corrected chi connectivity index (χ4v) is 9.08. The maximum atomic E-state index is 6.47. The quantitative estimate of drug-likeness (QED) is 0.113. The van der Waals surface area contributed by atoms with Gasteiger partial charge in [0.2, 0.25) is 23.1 Å². The molecule has 12 rings (SSSR count). The Morgan fingerprint density at radius 1 is 0.535 bits per heavy atom. The predicted octanol–water partition coefficient (Wildman–Crippen LogP) is 1.90. The first-order valence-electron chi connectivity index (χ1n) is 24.9. The molecule has 380 valence electrons. The van der Waals surface area contributed by atoms with Gasteiger partial charge in [0.15, 0.2) is 45.6 Å². The molecule has 24 nitrogen and oxygen atoms in total. The fraction of sp³-hybridized carbons (Fsp3) is 0.609. The zero-order valence-corrected chi connectivity index (χ0v) is 41.0. The number of imidazole rings is 2. The first kappa shape index (κ1) is 48.9. The third kappa shape index (κ3) is 12.5. The Morgan fingerprint density at radius 2 is 0.958 bits per heavy atom. The number of morpholine rings is 4. The standard InChI is InChI=1S/C23H32N10O2.C17H19ClN8O.C6H14N2O/c24-22-26-13-17(14-27-22)19-29-20(32-7-11-35-12-8-32)18-21(30-19)33(15-16-1-2-16)23(28-18)25-3-4-31-5-9-34-10-6-31;18-16-22-12-14(25-3-5-27-6-4-25)23-13(11-7-20-17(19)21-8-11)24-15(12)26(16)9-10-1-2-10;7-1-2-8-3-5-9-6-4-8/h13-14,16H,1-12,15H2,(H,25,28)(H2,24,26,27);7-8,10H,1-6,9H2,(H2,19,20,21);1-7H2. The molecule has 4 saturated heterocycles. The van der Waals surface area contributed by atoms with E-state index >= 15 is 0 Å². The van der Waals surface area contributed by atoms with Crippen LogP contribution in [-0.4, -0.2) is 200 Å². The van der Waals surface area contributed by atoms with Crippen LogP contribution < -0.4 is 32.3 Å². The van der Waals surface area contributed by atoms with Crippen LogP contribution in [0.4, 0.5) is 29.5 Å². The zero-order chi connectivity index (χ0) is 48.5. The van der Waals surface area contributed by atoms with E-state index in [0.717, 1.165) is 164 Å². The summed E-state index contributed by atoms with van der Waals surface area (Å²) in [5.74, 6) is 5.33. The maximum Gasteiger partial charge on any atom is 0.219 e. The van der Waals surface area contributed by atoms with Crippen LogP contribution in [0.25, 0.3) is 45.1 Å². The summed E-state index contributed by atoms with van der Waals surface area (Å²) in [4.78, 5) is 54.7. The lowest BCUT2D eigenvalue weighted by molar-refractivity contribution is 0.0394. The summed E-state index contributed by atoms with van der Waals surface area (Å²) in [7, 11) is 0. The number of anilines is 5. The highest BCUT2D eigenvalue weighted by Gasteiger charge is 2.30. The summed E-state index contributed by atoms with van der Waals surface area (Å²) in [5.41, 5.74) is 21.3. The summed E-state index contributed by atoms with van der Waals surface area (Å²) in [6.07, 6.45) is 11.5. The molecular formula is C46H65ClN20O4. The third-order valence-electron chi connectivity index (χ3n) is 13.2. The summed E-state index contributed by atoms with van der Waals surface area (Å²) in [6, 6.07) is 0. The van der Waals surface area contributed by atoms with Crippen molar-refractivity contribution in [2.75, 3.05) is 158 Å². The third-order valence-corrected chi connectivity index (χ3v) is 13.5. The van der Waals surface area contributed by atoms with Gasteiger partial charge >= 0.3 is 0 Å². The Labute approximate surface area is 417 Å². The van der Waals surface area contributed by atoms with E-state index in [0.29, 0.717) is 60.8 Å². The van der Waals surface area contributed by atoms with Crippen LogP contribution in [0.15, 0.2) is 24.8 Å². The van der Waals surface area contributed by atoms with Gasteiger partial charge in [0.05, 0.1) is 64.0 Å². The van der Waals surface area contributed by atoms with Crippen molar-refractivity contribution in [2.24, 2.45) is 17.6 Å². The first-order chi connectivity index (χ1) is 34.9. The normalized spacial score (nSPS) is 19.1. The second-order valence-electron chi connectivity index (χ2n) is 18.5. The van der Waals surface area contributed by atoms with Crippen LogP contribution in [0.1, 0.15) is 25.7 Å². The number of hydrogen-bond donors (Lipinski definition) is 4. The molecule has 2 saturated carbocycles. The minimum Gasteiger partial charge on any atom is -0.379 e. The molecule has 6 aromatic heterocycles. The van der Waals surface area contributed by atoms with Crippen molar-refractivity contribution in [2.45, 2.75) is 38.8 Å². The minimum absolute atomic E-state index is 0.218. The van der Waals surface area contributed by atoms with Gasteiger partial charge in [-0.3, -0.25) is 18.9 Å². The summed E-state index contributed by atoms with van der Waals surface area (Å²) < 4.78 is 25.9. The number of hydrogen-bond acceptors (Lipinski definition) is 22. The van der Waals surface area contributed by atoms with Crippen LogP contribution in [0.2, 0.25) is 5.28 Å². The van der Waals surface area contributed by atoms with Gasteiger partial charge in [0.1, 0.15) is 0 Å². The molecular weight excluding hydrogens is 932 g/mol. The Morgan fingerprint density at radius 3 is 1.42 bits per heavy atom. The van der Waals surface area contributed by atoms with Gasteiger partial charge in [0, 0.05) is 116 Å². The monoisotopic (exact) mass is 997 g/mol. The smallest absolute Gasteiger partial charge is 0.219 e. The number of halogens is 1. The van der Waals surface area contributed by atoms with Gasteiger partial charge in [-0.05, 0) is 49.1 Å². The number of nitrogens with one attached hydrogen (secondary N) is 1. The lowest BCUT2D eigenvalue weighted by atomic mass is 10.3. The van der Waals surface area contributed by atoms with Gasteiger partial charge in [-0.1, -0.05) is 0 Å². The Kier molecular flexibility index (Phi) is 16.0. The van der Waals surface area contributed by atoms with Crippen LogP contribution in [-0.2, 0) is 32.0 Å². The van der Waals surface area contributed by atoms with Crippen molar-refractivity contribution >= 4 is 63.4 Å². The number of nitrogen functional groups attached to an aromatic ring is 2. The number of ether oxygens (including phenoxy) is 4. The van der Waals surface area contributed by atoms with Crippen LogP contribution in [0.3, 0.4) is 0 Å². The highest BCUT2D eigenvalue weighted by Crippen LogP contribution is 2.37. The second-order valence-corrected chi connectivity index (χ2v) is 18.8. The van der Waals surface area contributed by atoms with E-state index in [2.05, 4.69) is 54.4 Å². The Hall–Kier alpha value is -5.73. The molecule has 4 aliphatic heterocycles. The van der Waals surface area contributed by atoms with Crippen molar-refractivity contribution in [3.05, 3.63) is 30.1 Å². The lowest BCUT2D eigenvalue weighted by Crippen LogP contribution is -2.39. The number of nitrogens with zero attached hydrogens (tertiary/aromatic N) is 16. The molecule has 7 N–H and O–H groups in total. The average Bonchev–Trinajstić information content (AvgIpc) is 4.36. The van der Waals surface area contributed by atoms with Crippen molar-refractivity contribution in [3.63, 3.8) is 0 Å². The fourth-order valence-electron chi connectivity index (χ4n) is 8.85. The van der Waals surface area contributed by atoms with E-state index in [4.69, 9.17) is 72.7 Å². The van der Waals surface area contributed by atoms with E-state index in [-0.39, 0.29) is 11.9 Å². The van der Waals surface area contributed by atoms with Crippen molar-refractivity contribution < 1.29 is 18.9 Å². The number of aromatic nitrogens is 12. The molecule has 10 heterocycles. The van der Waals surface area contributed by atoms with Crippen molar-refractivity contribution in [3.8, 4) is 22.8 Å². The number of rotatable bonds is 14. The molecule has 0 bridgehead atoms. The molecule has 6 aromatic rings. The summed E-state index contributed by atoms with van der Waals surface area (Å²) in [6.45, 7) is 18.3. The SMILES string of the molecule is NCCN1CCOCC1.Nc1ncc(-c2nc(N3CCOCC3)c3nc(Cl)n(CC4CC4)c3n2)cn1.Nc1ncc(-c2nc(N3CCOCC3)c3nc(NCCN4CCOCC4)n(CC4CC4)c3n2)cn1. The van der Waals surface area contributed by atoms with E-state index < -0.39 is 0 Å². The van der Waals surface area contributed by atoms with E-state index in [9.17, 15) is 0 Å². The molecule has 0 amide bonds. The zero-order valence-electron chi connectivity index (χ0n) is 40.2. The van der Waals surface area contributed by atoms with Gasteiger partial charge in [-0.25, -0.2) is 49.8 Å². The highest BCUT2D eigenvalue weighted by molar-refractivity contribution is 6.29. The van der Waals surface area contributed by atoms with Crippen LogP contribution in [0.5, 0.6) is 0 Å². The summed E-state index contributed by atoms with van der Waals surface area (Å²) >= 11 is 6.47. The topological polar surface area (TPSA) is 279 Å². The molecule has 6 aliphatic rings. The molecule has 2 aliphatic carbocycles. The molecule has 71 heavy (non-hydrogen) atoms. The molecule has 0 unspecified atom stereocenters. The van der Waals surface area contributed by atoms with E-state index in [1.165, 1.54) is 25.7 Å². The number of fused-ring (bicyclic) bond motifs is 2. The highest BCUT2D eigenvalue weighted by atomic mass is 35.5. The Balaban J connectivity index is 0.000000143. The van der Waals surface area contributed by atoms with E-state index in [1.54, 1.807) is 24.8 Å². The lowest BCUT2D eigenvalue weighted by Gasteiger charge is -2.28. The van der Waals surface area contributed by atoms with Crippen LogP contribution >= 0.6 is 11.6 Å². The predicted molar refractivity (Wildman–Crippen MR) is 270 cm³/mol. The van der Waals surface area contributed by atoms with Gasteiger partial charge in [-0.2, -0.15) is 0 Å². The molecule has 0 aromatic carbocycles. The van der Waals surface area contributed by atoms with Gasteiger partial charge in [-0.15, -0.1) is 0 Å². The van der Waals surface area contributed by atoms with Crippen LogP contribution in [0, 0.1) is 11.8 Å². The molecule has 0 radical (unpaired) electrons. The van der Waals surface area contributed by atoms with Crippen molar-refractivity contribution in [1.29, 1.82) is 0 Å². The van der Waals surface area contributed by atoms with E-state index in [1.807, 2.05) is 4.57 Å². The maximum absolute atomic E-state index is 6.47. The minimum atomic E-state index is 0.218. The molecule has 0 atom stereocenters. The summed E-state index contributed by atoms with van der Waals surface area (Å²) in [5, 5.41) is 4.05. The molecule has 25 heteroatoms. The average molecular weight is 998 g/mol. The first-order valence-corrected chi connectivity index (χ1v) is 25.3. The van der Waals surface area contributed by atoms with Gasteiger partial charge < -0.3 is 51.3 Å². The largest absolute Gasteiger partial charge is 0.379 e. The molecule has 6 fully saturated rings. The molecule has 0 spiro atoms. The van der Waals surface area contributed by atoms with Crippen molar-refractivity contribution in [1.82, 2.24) is 68.8 Å². The Bertz CT molecular complexity index is 2660.